The molecular weight excluding hydrogens is 262 g/mol. The highest BCUT2D eigenvalue weighted by atomic mass is 16.5. The summed E-state index contributed by atoms with van der Waals surface area (Å²) in [5.41, 5.74) is 7.04. The van der Waals surface area contributed by atoms with Crippen LogP contribution < -0.4 is 15.4 Å². The second-order valence-corrected chi connectivity index (χ2v) is 6.65. The molecule has 0 amide bonds. The van der Waals surface area contributed by atoms with Crippen molar-refractivity contribution in [1.82, 2.24) is 4.98 Å². The Labute approximate surface area is 128 Å². The fraction of sp³-hybridized carbons (Fsp3) is 0.706. The van der Waals surface area contributed by atoms with E-state index in [1.807, 2.05) is 12.1 Å². The third kappa shape index (κ3) is 3.60. The Morgan fingerprint density at radius 1 is 1.33 bits per heavy atom. The number of hydrogen-bond donors (Lipinski definition) is 1. The van der Waals surface area contributed by atoms with Crippen LogP contribution in [0.2, 0.25) is 0 Å². The first kappa shape index (κ1) is 15.9. The second kappa shape index (κ2) is 6.54. The van der Waals surface area contributed by atoms with E-state index in [2.05, 4.69) is 37.6 Å². The van der Waals surface area contributed by atoms with Gasteiger partial charge >= 0.3 is 0 Å². The summed E-state index contributed by atoms with van der Waals surface area (Å²) < 4.78 is 5.74. The van der Waals surface area contributed by atoms with Gasteiger partial charge in [-0.3, -0.25) is 0 Å². The van der Waals surface area contributed by atoms with Gasteiger partial charge in [0, 0.05) is 13.1 Å². The van der Waals surface area contributed by atoms with Crippen LogP contribution in [0.4, 0.5) is 11.5 Å². The van der Waals surface area contributed by atoms with Crippen LogP contribution in [0, 0.1) is 11.3 Å². The largest absolute Gasteiger partial charge is 0.476 e. The van der Waals surface area contributed by atoms with Crippen LogP contribution in [0.3, 0.4) is 0 Å². The monoisotopic (exact) mass is 291 g/mol. The zero-order valence-electron chi connectivity index (χ0n) is 13.9. The second-order valence-electron chi connectivity index (χ2n) is 6.65. The molecule has 0 spiro atoms. The maximum absolute atomic E-state index is 5.97. The molecule has 1 fully saturated rings. The number of hydrogen-bond acceptors (Lipinski definition) is 4. The van der Waals surface area contributed by atoms with Gasteiger partial charge in [0.25, 0.3) is 0 Å². The van der Waals surface area contributed by atoms with Gasteiger partial charge in [-0.25, -0.2) is 0 Å². The van der Waals surface area contributed by atoms with E-state index in [1.54, 1.807) is 0 Å². The van der Waals surface area contributed by atoms with Crippen molar-refractivity contribution in [1.29, 1.82) is 0 Å². The lowest BCUT2D eigenvalue weighted by Crippen LogP contribution is -2.26. The average molecular weight is 291 g/mol. The molecule has 2 N–H and O–H groups in total. The summed E-state index contributed by atoms with van der Waals surface area (Å²) in [6.07, 6.45) is 3.70. The first-order valence-corrected chi connectivity index (χ1v) is 8.14. The van der Waals surface area contributed by atoms with E-state index in [4.69, 9.17) is 10.5 Å². The number of rotatable bonds is 6. The van der Waals surface area contributed by atoms with Gasteiger partial charge in [-0.15, -0.1) is 0 Å². The summed E-state index contributed by atoms with van der Waals surface area (Å²) in [7, 11) is 0. The highest BCUT2D eigenvalue weighted by Gasteiger charge is 2.35. The lowest BCUT2D eigenvalue weighted by molar-refractivity contribution is 0.263. The Balaban J connectivity index is 2.12. The Kier molecular flexibility index (Phi) is 4.96. The fourth-order valence-electron chi connectivity index (χ4n) is 2.94. The molecule has 0 unspecified atom stereocenters. The summed E-state index contributed by atoms with van der Waals surface area (Å²) in [5, 5.41) is 0. The maximum Gasteiger partial charge on any atom is 0.239 e. The van der Waals surface area contributed by atoms with E-state index in [0.29, 0.717) is 29.5 Å². The van der Waals surface area contributed by atoms with Gasteiger partial charge < -0.3 is 15.4 Å². The quantitative estimate of drug-likeness (QED) is 0.868. The van der Waals surface area contributed by atoms with E-state index < -0.39 is 0 Å². The minimum atomic E-state index is 0.446. The molecule has 2 heterocycles. The number of pyridine rings is 1. The van der Waals surface area contributed by atoms with Gasteiger partial charge in [-0.05, 0) is 42.7 Å². The van der Waals surface area contributed by atoms with Crippen molar-refractivity contribution in [3.05, 3.63) is 12.1 Å². The smallest absolute Gasteiger partial charge is 0.239 e. The van der Waals surface area contributed by atoms with Crippen LogP contribution in [-0.4, -0.2) is 24.7 Å². The lowest BCUT2D eigenvalue weighted by Gasteiger charge is -2.27. The van der Waals surface area contributed by atoms with E-state index in [-0.39, 0.29) is 0 Å². The third-order valence-corrected chi connectivity index (χ3v) is 4.69. The maximum atomic E-state index is 5.97. The standard InChI is InChI=1S/C17H29N3O/c1-5-17(6-2)9-10-20(12-17)15-8-7-14(18)16(19-15)21-11-13(3)4/h7-8,13H,5-6,9-12,18H2,1-4H3. The van der Waals surface area contributed by atoms with Crippen LogP contribution in [0.1, 0.15) is 47.0 Å². The molecule has 1 aliphatic rings. The van der Waals surface area contributed by atoms with Crippen LogP contribution in [0.25, 0.3) is 0 Å². The molecule has 4 heteroatoms. The van der Waals surface area contributed by atoms with E-state index >= 15 is 0 Å². The summed E-state index contributed by atoms with van der Waals surface area (Å²) in [6.45, 7) is 11.6. The van der Waals surface area contributed by atoms with Gasteiger partial charge in [0.2, 0.25) is 5.88 Å². The molecule has 1 aliphatic heterocycles. The van der Waals surface area contributed by atoms with Crippen molar-refractivity contribution >= 4 is 11.5 Å². The fourth-order valence-corrected chi connectivity index (χ4v) is 2.94. The lowest BCUT2D eigenvalue weighted by atomic mass is 9.82. The average Bonchev–Trinajstić information content (AvgIpc) is 2.91. The van der Waals surface area contributed by atoms with Crippen molar-refractivity contribution in [2.24, 2.45) is 11.3 Å². The Morgan fingerprint density at radius 2 is 2.05 bits per heavy atom. The Morgan fingerprint density at radius 3 is 2.62 bits per heavy atom. The van der Waals surface area contributed by atoms with Crippen LogP contribution >= 0.6 is 0 Å². The molecule has 0 aliphatic carbocycles. The molecule has 4 nitrogen and oxygen atoms in total. The molecule has 0 aromatic carbocycles. The zero-order valence-corrected chi connectivity index (χ0v) is 13.9. The minimum Gasteiger partial charge on any atom is -0.476 e. The Hall–Kier alpha value is -1.45. The summed E-state index contributed by atoms with van der Waals surface area (Å²) in [4.78, 5) is 7.01. The first-order valence-electron chi connectivity index (χ1n) is 8.14. The predicted molar refractivity (Wildman–Crippen MR) is 88.8 cm³/mol. The molecule has 0 saturated carbocycles. The van der Waals surface area contributed by atoms with Gasteiger partial charge in [0.15, 0.2) is 0 Å². The molecule has 0 radical (unpaired) electrons. The molecule has 2 rings (SSSR count). The summed E-state index contributed by atoms with van der Waals surface area (Å²) in [6, 6.07) is 3.93. The SMILES string of the molecule is CCC1(CC)CCN(c2ccc(N)c(OCC(C)C)n2)C1. The number of anilines is 2. The van der Waals surface area contributed by atoms with E-state index in [9.17, 15) is 0 Å². The molecular formula is C17H29N3O. The highest BCUT2D eigenvalue weighted by molar-refractivity contribution is 5.55. The number of nitrogens with two attached hydrogens (primary N) is 1. The Bertz CT molecular complexity index is 469. The van der Waals surface area contributed by atoms with Gasteiger partial charge in [-0.2, -0.15) is 4.98 Å². The van der Waals surface area contributed by atoms with Gasteiger partial charge in [0.05, 0.1) is 12.3 Å². The highest BCUT2D eigenvalue weighted by Crippen LogP contribution is 2.39. The molecule has 1 aromatic heterocycles. The molecule has 0 atom stereocenters. The van der Waals surface area contributed by atoms with Crippen LogP contribution in [-0.2, 0) is 0 Å². The number of nitrogens with zero attached hydrogens (tertiary/aromatic N) is 2. The predicted octanol–water partition coefficient (Wildman–Crippen LogP) is 3.72. The summed E-state index contributed by atoms with van der Waals surface area (Å²) in [5.74, 6) is 2.04. The van der Waals surface area contributed by atoms with Crippen molar-refractivity contribution in [3.63, 3.8) is 0 Å². The minimum absolute atomic E-state index is 0.446. The number of ether oxygens (including phenoxy) is 1. The molecule has 118 valence electrons. The normalized spacial score (nSPS) is 17.5. The van der Waals surface area contributed by atoms with Crippen LogP contribution in [0.5, 0.6) is 5.88 Å². The van der Waals surface area contributed by atoms with Crippen molar-refractivity contribution in [3.8, 4) is 5.88 Å². The van der Waals surface area contributed by atoms with E-state index in [0.717, 1.165) is 18.9 Å². The topological polar surface area (TPSA) is 51.4 Å². The zero-order chi connectivity index (χ0) is 15.5. The first-order chi connectivity index (χ1) is 9.99. The van der Waals surface area contributed by atoms with E-state index in [1.165, 1.54) is 19.3 Å². The van der Waals surface area contributed by atoms with Crippen molar-refractivity contribution in [2.75, 3.05) is 30.3 Å². The number of aromatic nitrogens is 1. The van der Waals surface area contributed by atoms with Crippen molar-refractivity contribution in [2.45, 2.75) is 47.0 Å². The third-order valence-electron chi connectivity index (χ3n) is 4.69. The summed E-state index contributed by atoms with van der Waals surface area (Å²) >= 11 is 0. The molecule has 0 bridgehead atoms. The molecule has 1 aromatic rings. The molecule has 21 heavy (non-hydrogen) atoms. The van der Waals surface area contributed by atoms with Gasteiger partial charge in [0.1, 0.15) is 5.82 Å². The van der Waals surface area contributed by atoms with Gasteiger partial charge in [-0.1, -0.05) is 27.7 Å². The van der Waals surface area contributed by atoms with Crippen LogP contribution in [0.15, 0.2) is 12.1 Å². The number of nitrogen functional groups attached to an aromatic ring is 1. The van der Waals surface area contributed by atoms with Crippen molar-refractivity contribution < 1.29 is 4.74 Å². The molecule has 1 saturated heterocycles.